The maximum atomic E-state index is 11.8. The summed E-state index contributed by atoms with van der Waals surface area (Å²) in [6.45, 7) is 6.34. The van der Waals surface area contributed by atoms with Crippen LogP contribution in [0.5, 0.6) is 0 Å². The maximum Gasteiger partial charge on any atom is 0.410 e. The van der Waals surface area contributed by atoms with Gasteiger partial charge in [0.1, 0.15) is 11.2 Å². The molecule has 1 saturated heterocycles. The standard InChI is InChI=1S/C13H19N3O4/c1-13(2,3)20-12(19)16-6-8(7-16)10-9(11(17)18)5-14-15(10)4/h5,8H,6-7H2,1-4H3,(H,17,18). The predicted octanol–water partition coefficient (Wildman–Crippen LogP) is 1.45. The number of carboxylic acid groups (broad SMARTS) is 1. The van der Waals surface area contributed by atoms with Gasteiger partial charge >= 0.3 is 12.1 Å². The van der Waals surface area contributed by atoms with E-state index in [9.17, 15) is 9.59 Å². The first-order valence-corrected chi connectivity index (χ1v) is 6.42. The first kappa shape index (κ1) is 14.4. The van der Waals surface area contributed by atoms with Crippen LogP contribution in [0.1, 0.15) is 42.7 Å². The normalized spacial score (nSPS) is 15.9. The quantitative estimate of drug-likeness (QED) is 0.887. The number of rotatable bonds is 2. The van der Waals surface area contributed by atoms with Gasteiger partial charge in [-0.05, 0) is 20.8 Å². The monoisotopic (exact) mass is 281 g/mol. The minimum Gasteiger partial charge on any atom is -0.478 e. The van der Waals surface area contributed by atoms with Gasteiger partial charge in [0.15, 0.2) is 0 Å². The molecule has 0 radical (unpaired) electrons. The third-order valence-electron chi connectivity index (χ3n) is 3.13. The lowest BCUT2D eigenvalue weighted by Gasteiger charge is -2.39. The molecule has 1 fully saturated rings. The van der Waals surface area contributed by atoms with Gasteiger partial charge in [-0.25, -0.2) is 9.59 Å². The average molecular weight is 281 g/mol. The molecule has 1 aliphatic heterocycles. The van der Waals surface area contributed by atoms with Crippen molar-refractivity contribution in [3.63, 3.8) is 0 Å². The summed E-state index contributed by atoms with van der Waals surface area (Å²) in [6.07, 6.45) is 0.973. The Morgan fingerprint density at radius 1 is 1.40 bits per heavy atom. The van der Waals surface area contributed by atoms with E-state index < -0.39 is 11.6 Å². The second-order valence-corrected chi connectivity index (χ2v) is 5.95. The summed E-state index contributed by atoms with van der Waals surface area (Å²) in [5.74, 6) is -1.01. The molecular formula is C13H19N3O4. The Morgan fingerprint density at radius 2 is 2.00 bits per heavy atom. The second kappa shape index (κ2) is 4.81. The fraction of sp³-hybridized carbons (Fsp3) is 0.615. The maximum absolute atomic E-state index is 11.8. The van der Waals surface area contributed by atoms with Crippen LogP contribution < -0.4 is 0 Å². The smallest absolute Gasteiger partial charge is 0.410 e. The second-order valence-electron chi connectivity index (χ2n) is 5.95. The Bertz CT molecular complexity index is 538. The number of likely N-dealkylation sites (tertiary alicyclic amines) is 1. The van der Waals surface area contributed by atoms with E-state index in [0.717, 1.165) is 0 Å². The van der Waals surface area contributed by atoms with Crippen LogP contribution in [0.3, 0.4) is 0 Å². The molecule has 1 N–H and O–H groups in total. The number of aromatic carboxylic acids is 1. The Balaban J connectivity index is 2.02. The molecule has 0 saturated carbocycles. The molecule has 0 aromatic carbocycles. The van der Waals surface area contributed by atoms with Gasteiger partial charge in [0.2, 0.25) is 0 Å². The Kier molecular flexibility index (Phi) is 3.45. The lowest BCUT2D eigenvalue weighted by molar-refractivity contribution is 0.00751. The van der Waals surface area contributed by atoms with Crippen LogP contribution in [0.4, 0.5) is 4.79 Å². The molecule has 0 aliphatic carbocycles. The molecule has 0 spiro atoms. The Morgan fingerprint density at radius 3 is 2.50 bits per heavy atom. The van der Waals surface area contributed by atoms with Gasteiger partial charge < -0.3 is 14.7 Å². The van der Waals surface area contributed by atoms with Gasteiger partial charge in [0.25, 0.3) is 0 Å². The van der Waals surface area contributed by atoms with Crippen LogP contribution in [-0.4, -0.2) is 50.5 Å². The fourth-order valence-corrected chi connectivity index (χ4v) is 2.22. The lowest BCUT2D eigenvalue weighted by Crippen LogP contribution is -2.51. The first-order valence-electron chi connectivity index (χ1n) is 6.42. The van der Waals surface area contributed by atoms with E-state index in [-0.39, 0.29) is 17.6 Å². The van der Waals surface area contributed by atoms with Crippen LogP contribution in [0.15, 0.2) is 6.20 Å². The minimum absolute atomic E-state index is 0.0129. The molecule has 1 aliphatic rings. The number of carbonyl (C=O) groups excluding carboxylic acids is 1. The largest absolute Gasteiger partial charge is 0.478 e. The SMILES string of the molecule is Cn1ncc(C(=O)O)c1C1CN(C(=O)OC(C)(C)C)C1. The lowest BCUT2D eigenvalue weighted by atomic mass is 9.94. The molecule has 1 amide bonds. The van der Waals surface area contributed by atoms with E-state index in [4.69, 9.17) is 9.84 Å². The summed E-state index contributed by atoms with van der Waals surface area (Å²) in [5.41, 5.74) is 0.319. The summed E-state index contributed by atoms with van der Waals surface area (Å²) in [5, 5.41) is 13.1. The number of hydrogen-bond donors (Lipinski definition) is 1. The molecule has 0 atom stereocenters. The molecule has 2 heterocycles. The molecule has 110 valence electrons. The van der Waals surface area contributed by atoms with Crippen molar-refractivity contribution in [1.82, 2.24) is 14.7 Å². The van der Waals surface area contributed by atoms with Crippen LogP contribution in [0, 0.1) is 0 Å². The molecule has 0 bridgehead atoms. The topological polar surface area (TPSA) is 84.7 Å². The van der Waals surface area contributed by atoms with Crippen molar-refractivity contribution < 1.29 is 19.4 Å². The predicted molar refractivity (Wildman–Crippen MR) is 70.7 cm³/mol. The highest BCUT2D eigenvalue weighted by molar-refractivity contribution is 5.89. The highest BCUT2D eigenvalue weighted by atomic mass is 16.6. The van der Waals surface area contributed by atoms with Crippen molar-refractivity contribution in [3.05, 3.63) is 17.5 Å². The van der Waals surface area contributed by atoms with E-state index in [1.807, 2.05) is 20.8 Å². The van der Waals surface area contributed by atoms with Gasteiger partial charge in [0, 0.05) is 26.1 Å². The summed E-state index contributed by atoms with van der Waals surface area (Å²) < 4.78 is 6.82. The zero-order valence-corrected chi connectivity index (χ0v) is 12.1. The molecule has 7 heteroatoms. The third-order valence-corrected chi connectivity index (χ3v) is 3.13. The van der Waals surface area contributed by atoms with Crippen LogP contribution in [0.2, 0.25) is 0 Å². The van der Waals surface area contributed by atoms with Crippen LogP contribution in [-0.2, 0) is 11.8 Å². The van der Waals surface area contributed by atoms with Gasteiger partial charge in [0.05, 0.1) is 11.9 Å². The first-order chi connectivity index (χ1) is 9.19. The summed E-state index contributed by atoms with van der Waals surface area (Å²) in [7, 11) is 1.71. The van der Waals surface area contributed by atoms with E-state index >= 15 is 0 Å². The molecule has 1 aromatic heterocycles. The van der Waals surface area contributed by atoms with Gasteiger partial charge in [-0.3, -0.25) is 4.68 Å². The number of amides is 1. The zero-order chi connectivity index (χ0) is 15.1. The molecule has 20 heavy (non-hydrogen) atoms. The summed E-state index contributed by atoms with van der Waals surface area (Å²) in [4.78, 5) is 24.5. The summed E-state index contributed by atoms with van der Waals surface area (Å²) in [6, 6.07) is 0. The van der Waals surface area contributed by atoms with Crippen molar-refractivity contribution >= 4 is 12.1 Å². The average Bonchev–Trinajstić information content (AvgIpc) is 2.56. The molecular weight excluding hydrogens is 262 g/mol. The van der Waals surface area contributed by atoms with E-state index in [1.165, 1.54) is 6.20 Å². The van der Waals surface area contributed by atoms with Gasteiger partial charge in [-0.1, -0.05) is 0 Å². The molecule has 2 rings (SSSR count). The number of carbonyl (C=O) groups is 2. The highest BCUT2D eigenvalue weighted by Crippen LogP contribution is 2.30. The van der Waals surface area contributed by atoms with Crippen molar-refractivity contribution in [2.24, 2.45) is 7.05 Å². The highest BCUT2D eigenvalue weighted by Gasteiger charge is 2.38. The number of aryl methyl sites for hydroxylation is 1. The van der Waals surface area contributed by atoms with E-state index in [2.05, 4.69) is 5.10 Å². The molecule has 1 aromatic rings. The van der Waals surface area contributed by atoms with Crippen LogP contribution >= 0.6 is 0 Å². The number of hydrogen-bond acceptors (Lipinski definition) is 4. The minimum atomic E-state index is -0.996. The Hall–Kier alpha value is -2.05. The third kappa shape index (κ3) is 2.76. The van der Waals surface area contributed by atoms with E-state index in [0.29, 0.717) is 18.8 Å². The van der Waals surface area contributed by atoms with E-state index in [1.54, 1.807) is 16.6 Å². The van der Waals surface area contributed by atoms with Crippen molar-refractivity contribution in [1.29, 1.82) is 0 Å². The van der Waals surface area contributed by atoms with Crippen LogP contribution in [0.25, 0.3) is 0 Å². The number of carboxylic acids is 1. The van der Waals surface area contributed by atoms with Crippen molar-refractivity contribution in [2.45, 2.75) is 32.3 Å². The summed E-state index contributed by atoms with van der Waals surface area (Å²) >= 11 is 0. The molecule has 7 nitrogen and oxygen atoms in total. The van der Waals surface area contributed by atoms with Gasteiger partial charge in [-0.2, -0.15) is 5.10 Å². The van der Waals surface area contributed by atoms with Crippen molar-refractivity contribution in [2.75, 3.05) is 13.1 Å². The number of aromatic nitrogens is 2. The van der Waals surface area contributed by atoms with Gasteiger partial charge in [-0.15, -0.1) is 0 Å². The Labute approximate surface area is 117 Å². The number of ether oxygens (including phenoxy) is 1. The zero-order valence-electron chi connectivity index (χ0n) is 12.1. The van der Waals surface area contributed by atoms with Crippen molar-refractivity contribution in [3.8, 4) is 0 Å². The molecule has 0 unspecified atom stereocenters. The number of nitrogens with zero attached hydrogens (tertiary/aromatic N) is 3. The fourth-order valence-electron chi connectivity index (χ4n) is 2.22.